The van der Waals surface area contributed by atoms with Crippen LogP contribution in [0.15, 0.2) is 0 Å². The molecule has 1 heterocycles. The second-order valence-electron chi connectivity index (χ2n) is 5.29. The van der Waals surface area contributed by atoms with Crippen LogP contribution >= 0.6 is 11.6 Å². The largest absolute Gasteiger partial charge is 0.314 e. The Bertz CT molecular complexity index is 370. The fourth-order valence-electron chi connectivity index (χ4n) is 2.86. The Balaban J connectivity index is 2.36. The SMILES string of the molecule is CCn1c(CCl)nnc1C1CCCC1(C)C. The molecule has 1 aliphatic carbocycles. The molecule has 4 heteroatoms. The van der Waals surface area contributed by atoms with Gasteiger partial charge in [0.1, 0.15) is 11.6 Å². The summed E-state index contributed by atoms with van der Waals surface area (Å²) in [6.07, 6.45) is 3.81. The van der Waals surface area contributed by atoms with E-state index in [1.54, 1.807) is 0 Å². The van der Waals surface area contributed by atoms with E-state index in [9.17, 15) is 0 Å². The Kier molecular flexibility index (Phi) is 3.24. The average Bonchev–Trinajstić information content (AvgIpc) is 2.79. The van der Waals surface area contributed by atoms with Crippen LogP contribution in [0, 0.1) is 5.41 Å². The maximum absolute atomic E-state index is 5.88. The summed E-state index contributed by atoms with van der Waals surface area (Å²) < 4.78 is 2.19. The molecule has 1 aliphatic rings. The predicted molar refractivity (Wildman–Crippen MR) is 65.6 cm³/mol. The van der Waals surface area contributed by atoms with Crippen LogP contribution in [-0.2, 0) is 12.4 Å². The molecule has 1 fully saturated rings. The number of aromatic nitrogens is 3. The van der Waals surface area contributed by atoms with E-state index in [1.165, 1.54) is 19.3 Å². The molecule has 1 aromatic heterocycles. The molecule has 2 rings (SSSR count). The van der Waals surface area contributed by atoms with E-state index in [-0.39, 0.29) is 0 Å². The van der Waals surface area contributed by atoms with Crippen molar-refractivity contribution in [3.63, 3.8) is 0 Å². The molecule has 0 spiro atoms. The van der Waals surface area contributed by atoms with Crippen molar-refractivity contribution in [1.29, 1.82) is 0 Å². The van der Waals surface area contributed by atoms with Gasteiger partial charge in [-0.15, -0.1) is 21.8 Å². The summed E-state index contributed by atoms with van der Waals surface area (Å²) in [5.41, 5.74) is 0.351. The fraction of sp³-hybridized carbons (Fsp3) is 0.833. The van der Waals surface area contributed by atoms with Gasteiger partial charge in [0.25, 0.3) is 0 Å². The van der Waals surface area contributed by atoms with Gasteiger partial charge in [0.15, 0.2) is 0 Å². The number of hydrogen-bond acceptors (Lipinski definition) is 2. The van der Waals surface area contributed by atoms with Crippen molar-refractivity contribution in [3.05, 3.63) is 11.6 Å². The maximum Gasteiger partial charge on any atom is 0.147 e. The zero-order valence-electron chi connectivity index (χ0n) is 10.3. The van der Waals surface area contributed by atoms with Gasteiger partial charge in [-0.1, -0.05) is 20.3 Å². The molecule has 0 aliphatic heterocycles. The van der Waals surface area contributed by atoms with E-state index in [0.29, 0.717) is 17.2 Å². The number of alkyl halides is 1. The molecule has 0 radical (unpaired) electrons. The number of hydrogen-bond donors (Lipinski definition) is 0. The monoisotopic (exact) mass is 241 g/mol. The topological polar surface area (TPSA) is 30.7 Å². The van der Waals surface area contributed by atoms with Gasteiger partial charge in [-0.3, -0.25) is 0 Å². The lowest BCUT2D eigenvalue weighted by Gasteiger charge is -2.26. The van der Waals surface area contributed by atoms with Gasteiger partial charge >= 0.3 is 0 Å². The van der Waals surface area contributed by atoms with E-state index in [2.05, 4.69) is 35.5 Å². The Morgan fingerprint density at radius 1 is 1.44 bits per heavy atom. The second kappa shape index (κ2) is 4.36. The van der Waals surface area contributed by atoms with Crippen molar-refractivity contribution in [3.8, 4) is 0 Å². The van der Waals surface area contributed by atoms with Gasteiger partial charge in [0, 0.05) is 12.5 Å². The third-order valence-electron chi connectivity index (χ3n) is 3.86. The summed E-state index contributed by atoms with van der Waals surface area (Å²) >= 11 is 5.88. The van der Waals surface area contributed by atoms with Gasteiger partial charge in [0.2, 0.25) is 0 Å². The Labute approximate surface area is 102 Å². The van der Waals surface area contributed by atoms with Crippen molar-refractivity contribution >= 4 is 11.6 Å². The lowest BCUT2D eigenvalue weighted by molar-refractivity contribution is 0.314. The summed E-state index contributed by atoms with van der Waals surface area (Å²) in [5, 5.41) is 8.56. The fourth-order valence-corrected chi connectivity index (χ4v) is 3.05. The summed E-state index contributed by atoms with van der Waals surface area (Å²) in [4.78, 5) is 0. The Hall–Kier alpha value is -0.570. The van der Waals surface area contributed by atoms with Gasteiger partial charge in [0.05, 0.1) is 5.88 Å². The average molecular weight is 242 g/mol. The summed E-state index contributed by atoms with van der Waals surface area (Å²) in [5.74, 6) is 3.04. The molecule has 1 saturated carbocycles. The van der Waals surface area contributed by atoms with Crippen molar-refractivity contribution in [2.24, 2.45) is 5.41 Å². The molecule has 0 amide bonds. The molecule has 1 unspecified atom stereocenters. The van der Waals surface area contributed by atoms with Crippen LogP contribution in [0.4, 0.5) is 0 Å². The first kappa shape index (κ1) is 11.9. The van der Waals surface area contributed by atoms with Crippen LogP contribution in [-0.4, -0.2) is 14.8 Å². The first-order chi connectivity index (χ1) is 7.60. The minimum atomic E-state index is 0.351. The first-order valence-electron chi connectivity index (χ1n) is 6.08. The van der Waals surface area contributed by atoms with E-state index in [1.807, 2.05) is 0 Å². The third kappa shape index (κ3) is 1.86. The van der Waals surface area contributed by atoms with Crippen LogP contribution < -0.4 is 0 Å². The highest BCUT2D eigenvalue weighted by Crippen LogP contribution is 2.48. The predicted octanol–water partition coefficient (Wildman–Crippen LogP) is 3.33. The van der Waals surface area contributed by atoms with Gasteiger partial charge in [-0.25, -0.2) is 0 Å². The van der Waals surface area contributed by atoms with Crippen LogP contribution in [0.1, 0.15) is 57.6 Å². The zero-order valence-corrected chi connectivity index (χ0v) is 11.1. The lowest BCUT2D eigenvalue weighted by Crippen LogP contribution is -2.20. The number of rotatable bonds is 3. The van der Waals surface area contributed by atoms with Crippen molar-refractivity contribution in [2.75, 3.05) is 0 Å². The molecule has 16 heavy (non-hydrogen) atoms. The molecule has 90 valence electrons. The molecule has 0 aromatic carbocycles. The summed E-state index contributed by atoms with van der Waals surface area (Å²) in [6, 6.07) is 0. The molecule has 1 aromatic rings. The summed E-state index contributed by atoms with van der Waals surface area (Å²) in [7, 11) is 0. The molecule has 3 nitrogen and oxygen atoms in total. The molecule has 0 N–H and O–H groups in total. The summed E-state index contributed by atoms with van der Waals surface area (Å²) in [6.45, 7) is 7.71. The number of halogens is 1. The number of nitrogens with zero attached hydrogens (tertiary/aromatic N) is 3. The minimum Gasteiger partial charge on any atom is -0.314 e. The van der Waals surface area contributed by atoms with E-state index >= 15 is 0 Å². The Morgan fingerprint density at radius 3 is 2.69 bits per heavy atom. The quantitative estimate of drug-likeness (QED) is 0.760. The highest BCUT2D eigenvalue weighted by atomic mass is 35.5. The molecular formula is C12H20ClN3. The Morgan fingerprint density at radius 2 is 2.19 bits per heavy atom. The first-order valence-corrected chi connectivity index (χ1v) is 6.61. The molecule has 1 atom stereocenters. The van der Waals surface area contributed by atoms with Crippen molar-refractivity contribution < 1.29 is 0 Å². The third-order valence-corrected chi connectivity index (χ3v) is 4.10. The van der Waals surface area contributed by atoms with Crippen LogP contribution in [0.2, 0.25) is 0 Å². The highest BCUT2D eigenvalue weighted by Gasteiger charge is 2.38. The van der Waals surface area contributed by atoms with Crippen LogP contribution in [0.5, 0.6) is 0 Å². The minimum absolute atomic E-state index is 0.351. The van der Waals surface area contributed by atoms with E-state index in [4.69, 9.17) is 11.6 Å². The van der Waals surface area contributed by atoms with E-state index in [0.717, 1.165) is 18.2 Å². The molecule has 0 bridgehead atoms. The zero-order chi connectivity index (χ0) is 11.8. The van der Waals surface area contributed by atoms with Gasteiger partial charge < -0.3 is 4.57 Å². The van der Waals surface area contributed by atoms with Crippen molar-refractivity contribution in [1.82, 2.24) is 14.8 Å². The maximum atomic E-state index is 5.88. The smallest absolute Gasteiger partial charge is 0.147 e. The van der Waals surface area contributed by atoms with E-state index < -0.39 is 0 Å². The second-order valence-corrected chi connectivity index (χ2v) is 5.55. The standard InChI is InChI=1S/C12H20ClN3/c1-4-16-10(8-13)14-15-11(16)9-6-5-7-12(9,2)3/h9H,4-8H2,1-3H3. The van der Waals surface area contributed by atoms with Gasteiger partial charge in [-0.05, 0) is 25.2 Å². The molecule has 0 saturated heterocycles. The van der Waals surface area contributed by atoms with Crippen LogP contribution in [0.3, 0.4) is 0 Å². The lowest BCUT2D eigenvalue weighted by atomic mass is 9.81. The van der Waals surface area contributed by atoms with Gasteiger partial charge in [-0.2, -0.15) is 0 Å². The van der Waals surface area contributed by atoms with Crippen LogP contribution in [0.25, 0.3) is 0 Å². The normalized spacial score (nSPS) is 23.9. The highest BCUT2D eigenvalue weighted by molar-refractivity contribution is 6.16. The van der Waals surface area contributed by atoms with Crippen molar-refractivity contribution in [2.45, 2.75) is 58.4 Å². The molecular weight excluding hydrogens is 222 g/mol.